The number of nitrogens with zero attached hydrogens (tertiary/aromatic N) is 5. The monoisotopic (exact) mass is 334 g/mol. The van der Waals surface area contributed by atoms with E-state index in [1.54, 1.807) is 10.9 Å². The number of aromatic nitrogens is 5. The molecule has 7 heteroatoms. The van der Waals surface area contributed by atoms with Crippen LogP contribution in [0.1, 0.15) is 21.9 Å². The van der Waals surface area contributed by atoms with E-state index < -0.39 is 0 Å². The molecule has 4 rings (SSSR count). The Morgan fingerprint density at radius 2 is 1.96 bits per heavy atom. The van der Waals surface area contributed by atoms with Crippen LogP contribution in [0, 0.1) is 13.8 Å². The Morgan fingerprint density at radius 1 is 1.16 bits per heavy atom. The summed E-state index contributed by atoms with van der Waals surface area (Å²) < 4.78 is 3.73. The molecule has 0 aliphatic rings. The molecular weight excluding hydrogens is 316 g/mol. The number of amides is 1. The lowest BCUT2D eigenvalue weighted by molar-refractivity contribution is 0.102. The number of carbonyl (C=O) groups excluding carboxylic acids is 1. The van der Waals surface area contributed by atoms with E-state index in [1.165, 1.54) is 0 Å². The average Bonchev–Trinajstić information content (AvgIpc) is 3.03. The zero-order chi connectivity index (χ0) is 17.7. The molecule has 1 amide bonds. The van der Waals surface area contributed by atoms with Crippen LogP contribution in [0.4, 0.5) is 5.69 Å². The first-order valence-corrected chi connectivity index (χ1v) is 7.98. The van der Waals surface area contributed by atoms with Gasteiger partial charge in [-0.1, -0.05) is 0 Å². The van der Waals surface area contributed by atoms with Crippen LogP contribution in [0.25, 0.3) is 22.1 Å². The van der Waals surface area contributed by atoms with Crippen LogP contribution < -0.4 is 5.32 Å². The molecule has 0 saturated carbocycles. The van der Waals surface area contributed by atoms with E-state index >= 15 is 0 Å². The van der Waals surface area contributed by atoms with E-state index in [0.717, 1.165) is 33.6 Å². The fourth-order valence-corrected chi connectivity index (χ4v) is 3.03. The number of benzene rings is 1. The molecular formula is C18H18N6O. The highest BCUT2D eigenvalue weighted by Gasteiger charge is 2.13. The van der Waals surface area contributed by atoms with Crippen LogP contribution in [-0.2, 0) is 14.1 Å². The number of fused-ring (bicyclic) bond motifs is 2. The van der Waals surface area contributed by atoms with Crippen LogP contribution in [0.15, 0.2) is 30.5 Å². The van der Waals surface area contributed by atoms with Gasteiger partial charge in [0.2, 0.25) is 0 Å². The van der Waals surface area contributed by atoms with Gasteiger partial charge in [-0.25, -0.2) is 9.97 Å². The maximum Gasteiger partial charge on any atom is 0.257 e. The summed E-state index contributed by atoms with van der Waals surface area (Å²) >= 11 is 0. The summed E-state index contributed by atoms with van der Waals surface area (Å²) in [5.41, 5.74) is 4.71. The Kier molecular flexibility index (Phi) is 3.31. The summed E-state index contributed by atoms with van der Waals surface area (Å²) in [5, 5.41) is 8.13. The molecule has 0 atom stereocenters. The van der Waals surface area contributed by atoms with Crippen LogP contribution in [0.5, 0.6) is 0 Å². The Labute approximate surface area is 144 Å². The lowest BCUT2D eigenvalue weighted by Gasteiger charge is -2.06. The molecule has 0 aliphatic heterocycles. The van der Waals surface area contributed by atoms with Crippen LogP contribution >= 0.6 is 0 Å². The van der Waals surface area contributed by atoms with Gasteiger partial charge < -0.3 is 9.88 Å². The molecule has 3 heterocycles. The number of hydrogen-bond donors (Lipinski definition) is 1. The lowest BCUT2D eigenvalue weighted by atomic mass is 10.2. The molecule has 25 heavy (non-hydrogen) atoms. The first-order valence-electron chi connectivity index (χ1n) is 7.98. The van der Waals surface area contributed by atoms with Gasteiger partial charge in [-0.3, -0.25) is 9.48 Å². The van der Waals surface area contributed by atoms with E-state index in [-0.39, 0.29) is 5.91 Å². The summed E-state index contributed by atoms with van der Waals surface area (Å²) in [7, 11) is 3.81. The highest BCUT2D eigenvalue weighted by atomic mass is 16.1. The van der Waals surface area contributed by atoms with Crippen molar-refractivity contribution in [2.24, 2.45) is 14.1 Å². The molecule has 126 valence electrons. The third-order valence-corrected chi connectivity index (χ3v) is 4.49. The molecule has 0 saturated heterocycles. The molecule has 0 aliphatic carbocycles. The number of anilines is 1. The molecule has 0 spiro atoms. The number of carbonyl (C=O) groups is 1. The minimum Gasteiger partial charge on any atom is -0.331 e. The molecule has 1 aromatic carbocycles. The zero-order valence-electron chi connectivity index (χ0n) is 14.5. The van der Waals surface area contributed by atoms with Gasteiger partial charge in [-0.15, -0.1) is 0 Å². The number of hydrogen-bond acceptors (Lipinski definition) is 4. The van der Waals surface area contributed by atoms with E-state index in [4.69, 9.17) is 0 Å². The first kappa shape index (κ1) is 15.3. The van der Waals surface area contributed by atoms with Crippen molar-refractivity contribution in [1.82, 2.24) is 24.3 Å². The van der Waals surface area contributed by atoms with Crippen molar-refractivity contribution in [3.63, 3.8) is 0 Å². The SMILES string of the molecule is Cc1nn(C)c2ncc(C(=O)Nc3ccc4c(c3)nc(C)n4C)cc12. The number of pyridine rings is 1. The first-order chi connectivity index (χ1) is 11.9. The topological polar surface area (TPSA) is 77.6 Å². The average molecular weight is 334 g/mol. The standard InChI is InChI=1S/C18H18N6O/c1-10-14-7-12(9-19-17(14)24(4)22-10)18(25)21-13-5-6-16-15(8-13)20-11(2)23(16)3/h5-9H,1-4H3,(H,21,25). The van der Waals surface area contributed by atoms with E-state index in [9.17, 15) is 4.79 Å². The smallest absolute Gasteiger partial charge is 0.257 e. The second kappa shape index (κ2) is 5.41. The van der Waals surface area contributed by atoms with Crippen molar-refractivity contribution >= 4 is 33.7 Å². The van der Waals surface area contributed by atoms with E-state index in [2.05, 4.69) is 20.4 Å². The molecule has 0 bridgehead atoms. The maximum atomic E-state index is 12.6. The zero-order valence-corrected chi connectivity index (χ0v) is 14.5. The fraction of sp³-hybridized carbons (Fsp3) is 0.222. The van der Waals surface area contributed by atoms with Gasteiger partial charge in [0.05, 0.1) is 22.3 Å². The normalized spacial score (nSPS) is 11.4. The number of aryl methyl sites for hydroxylation is 4. The van der Waals surface area contributed by atoms with Gasteiger partial charge in [0.15, 0.2) is 5.65 Å². The van der Waals surface area contributed by atoms with Gasteiger partial charge in [-0.05, 0) is 38.1 Å². The number of nitrogens with one attached hydrogen (secondary N) is 1. The van der Waals surface area contributed by atoms with Gasteiger partial charge in [0.1, 0.15) is 5.82 Å². The van der Waals surface area contributed by atoms with Crippen molar-refractivity contribution in [2.75, 3.05) is 5.32 Å². The minimum atomic E-state index is -0.204. The van der Waals surface area contributed by atoms with Gasteiger partial charge in [0, 0.05) is 31.4 Å². The third-order valence-electron chi connectivity index (χ3n) is 4.49. The highest BCUT2D eigenvalue weighted by molar-refractivity contribution is 6.06. The Hall–Kier alpha value is -3.22. The molecule has 7 nitrogen and oxygen atoms in total. The predicted molar refractivity (Wildman–Crippen MR) is 96.7 cm³/mol. The van der Waals surface area contributed by atoms with Crippen LogP contribution in [0.3, 0.4) is 0 Å². The van der Waals surface area contributed by atoms with Crippen molar-refractivity contribution in [2.45, 2.75) is 13.8 Å². The fourth-order valence-electron chi connectivity index (χ4n) is 3.03. The van der Waals surface area contributed by atoms with Crippen molar-refractivity contribution in [3.05, 3.63) is 47.5 Å². The maximum absolute atomic E-state index is 12.6. The summed E-state index contributed by atoms with van der Waals surface area (Å²) in [6.45, 7) is 3.86. The molecule has 0 radical (unpaired) electrons. The summed E-state index contributed by atoms with van der Waals surface area (Å²) in [6.07, 6.45) is 1.57. The number of imidazole rings is 1. The van der Waals surface area contributed by atoms with Gasteiger partial charge in [-0.2, -0.15) is 5.10 Å². The van der Waals surface area contributed by atoms with Crippen molar-refractivity contribution < 1.29 is 4.79 Å². The largest absolute Gasteiger partial charge is 0.331 e. The second-order valence-corrected chi connectivity index (χ2v) is 6.18. The highest BCUT2D eigenvalue weighted by Crippen LogP contribution is 2.21. The Bertz CT molecular complexity index is 1140. The quantitative estimate of drug-likeness (QED) is 0.611. The van der Waals surface area contributed by atoms with Gasteiger partial charge in [0.25, 0.3) is 5.91 Å². The Balaban J connectivity index is 1.66. The van der Waals surface area contributed by atoms with Crippen molar-refractivity contribution in [1.29, 1.82) is 0 Å². The second-order valence-electron chi connectivity index (χ2n) is 6.18. The summed E-state index contributed by atoms with van der Waals surface area (Å²) in [4.78, 5) is 21.4. The van der Waals surface area contributed by atoms with Crippen LogP contribution in [-0.4, -0.2) is 30.2 Å². The summed E-state index contributed by atoms with van der Waals surface area (Å²) in [6, 6.07) is 7.53. The molecule has 0 unspecified atom stereocenters. The lowest BCUT2D eigenvalue weighted by Crippen LogP contribution is -2.12. The van der Waals surface area contributed by atoms with Crippen molar-refractivity contribution in [3.8, 4) is 0 Å². The molecule has 0 fully saturated rings. The van der Waals surface area contributed by atoms with E-state index in [1.807, 2.05) is 56.8 Å². The molecule has 4 aromatic rings. The van der Waals surface area contributed by atoms with Crippen LogP contribution in [0.2, 0.25) is 0 Å². The number of rotatable bonds is 2. The minimum absolute atomic E-state index is 0.204. The Morgan fingerprint density at radius 3 is 2.76 bits per heavy atom. The predicted octanol–water partition coefficient (Wildman–Crippen LogP) is 2.72. The molecule has 3 aromatic heterocycles. The van der Waals surface area contributed by atoms with Gasteiger partial charge >= 0.3 is 0 Å². The summed E-state index contributed by atoms with van der Waals surface area (Å²) in [5.74, 6) is 0.727. The molecule has 1 N–H and O–H groups in total. The third kappa shape index (κ3) is 2.44. The van der Waals surface area contributed by atoms with E-state index in [0.29, 0.717) is 11.3 Å².